The first-order valence-corrected chi connectivity index (χ1v) is 11.3. The van der Waals surface area contributed by atoms with Crippen molar-refractivity contribution in [2.75, 3.05) is 18.0 Å². The van der Waals surface area contributed by atoms with Crippen molar-refractivity contribution in [3.05, 3.63) is 70.5 Å². The molecule has 2 aromatic heterocycles. The summed E-state index contributed by atoms with van der Waals surface area (Å²) in [5.41, 5.74) is -2.90. The van der Waals surface area contributed by atoms with Gasteiger partial charge in [-0.3, -0.25) is 4.98 Å². The van der Waals surface area contributed by atoms with Gasteiger partial charge >= 0.3 is 5.69 Å². The van der Waals surface area contributed by atoms with E-state index in [0.29, 0.717) is 12.5 Å². The molecule has 3 aromatic rings. The summed E-state index contributed by atoms with van der Waals surface area (Å²) in [7, 11) is 0. The van der Waals surface area contributed by atoms with Crippen molar-refractivity contribution in [2.24, 2.45) is 0 Å². The van der Waals surface area contributed by atoms with Crippen molar-refractivity contribution in [1.82, 2.24) is 24.7 Å². The first-order valence-electron chi connectivity index (χ1n) is 11.3. The molecule has 0 aliphatic rings. The highest BCUT2D eigenvalue weighted by Crippen LogP contribution is 2.30. The van der Waals surface area contributed by atoms with Crippen LogP contribution in [0.25, 0.3) is 0 Å². The van der Waals surface area contributed by atoms with Crippen LogP contribution in [0.5, 0.6) is 0 Å². The summed E-state index contributed by atoms with van der Waals surface area (Å²) in [5, 5.41) is 15.6. The normalized spacial score (nSPS) is 13.1. The zero-order chi connectivity index (χ0) is 24.6. The summed E-state index contributed by atoms with van der Waals surface area (Å²) in [6.45, 7) is 1.86. The largest absolute Gasteiger partial charge is 0.381 e. The van der Waals surface area contributed by atoms with Crippen molar-refractivity contribution in [3.8, 4) is 0 Å². The molecule has 0 radical (unpaired) electrons. The maximum absolute atomic E-state index is 14.8. The standard InChI is InChI=1S/C23H29F3N6O2/c1-2-3-4-5-6-7-10-31(21-20(26)12-28-22(33)30-21)13-23(34,14-32-16-27-15-29-32)18-9-8-17(24)11-19(18)25/h8-9,11-12,15-16,34H,2-7,10,13-14H2,1H3,(H,28,30,33). The molecule has 0 aliphatic carbocycles. The van der Waals surface area contributed by atoms with Crippen LogP contribution in [0.4, 0.5) is 19.0 Å². The Labute approximate surface area is 195 Å². The fourth-order valence-electron chi connectivity index (χ4n) is 3.94. The van der Waals surface area contributed by atoms with E-state index in [1.165, 1.54) is 22.2 Å². The lowest BCUT2D eigenvalue weighted by molar-refractivity contribution is 0.0182. The molecule has 0 bridgehead atoms. The molecule has 11 heteroatoms. The van der Waals surface area contributed by atoms with E-state index >= 15 is 0 Å². The predicted molar refractivity (Wildman–Crippen MR) is 121 cm³/mol. The third-order valence-corrected chi connectivity index (χ3v) is 5.62. The van der Waals surface area contributed by atoms with Gasteiger partial charge in [-0.25, -0.2) is 27.6 Å². The fourth-order valence-corrected chi connectivity index (χ4v) is 3.94. The lowest BCUT2D eigenvalue weighted by Crippen LogP contribution is -2.46. The van der Waals surface area contributed by atoms with Crippen LogP contribution in [0.2, 0.25) is 0 Å². The number of rotatable bonds is 13. The van der Waals surface area contributed by atoms with Gasteiger partial charge in [0.15, 0.2) is 5.82 Å². The van der Waals surface area contributed by atoms with Crippen molar-refractivity contribution in [1.29, 1.82) is 0 Å². The summed E-state index contributed by atoms with van der Waals surface area (Å²) in [6, 6.07) is 2.86. The summed E-state index contributed by atoms with van der Waals surface area (Å²) in [6.07, 6.45) is 9.22. The topological polar surface area (TPSA) is 99.9 Å². The average Bonchev–Trinajstić information content (AvgIpc) is 3.29. The van der Waals surface area contributed by atoms with E-state index in [-0.39, 0.29) is 31.0 Å². The van der Waals surface area contributed by atoms with E-state index in [0.717, 1.165) is 50.4 Å². The molecule has 1 atom stereocenters. The SMILES string of the molecule is CCCCCCCCN(CC(O)(Cn1cncn1)c1ccc(F)cc1F)c1[nH]c(=O)ncc1F. The van der Waals surface area contributed by atoms with Gasteiger partial charge in [-0.05, 0) is 12.5 Å². The van der Waals surface area contributed by atoms with E-state index in [9.17, 15) is 23.1 Å². The van der Waals surface area contributed by atoms with E-state index in [1.807, 2.05) is 0 Å². The molecule has 184 valence electrons. The molecule has 2 N–H and O–H groups in total. The molecule has 0 aliphatic heterocycles. The predicted octanol–water partition coefficient (Wildman–Crippen LogP) is 3.53. The molecule has 8 nitrogen and oxygen atoms in total. The number of anilines is 1. The van der Waals surface area contributed by atoms with Crippen LogP contribution in [-0.4, -0.2) is 42.9 Å². The highest BCUT2D eigenvalue weighted by molar-refractivity contribution is 5.40. The molecular weight excluding hydrogens is 449 g/mol. The lowest BCUT2D eigenvalue weighted by atomic mass is 9.92. The van der Waals surface area contributed by atoms with E-state index < -0.39 is 28.7 Å². The Bertz CT molecular complexity index is 1110. The van der Waals surface area contributed by atoms with Crippen LogP contribution in [0.3, 0.4) is 0 Å². The molecule has 1 unspecified atom stereocenters. The van der Waals surface area contributed by atoms with Crippen molar-refractivity contribution >= 4 is 5.82 Å². The van der Waals surface area contributed by atoms with Crippen LogP contribution in [0.1, 0.15) is 51.0 Å². The molecule has 0 amide bonds. The number of nitrogens with zero attached hydrogens (tertiary/aromatic N) is 5. The number of unbranched alkanes of at least 4 members (excludes halogenated alkanes) is 5. The number of benzene rings is 1. The van der Waals surface area contributed by atoms with Gasteiger partial charge in [0.05, 0.1) is 19.3 Å². The Morgan fingerprint density at radius 1 is 1.12 bits per heavy atom. The highest BCUT2D eigenvalue weighted by atomic mass is 19.1. The second-order valence-corrected chi connectivity index (χ2v) is 8.32. The maximum atomic E-state index is 14.8. The smallest absolute Gasteiger partial charge is 0.346 e. The third kappa shape index (κ3) is 6.66. The van der Waals surface area contributed by atoms with Gasteiger partial charge in [-0.15, -0.1) is 0 Å². The number of halogens is 3. The molecule has 0 spiro atoms. The van der Waals surface area contributed by atoms with Crippen molar-refractivity contribution < 1.29 is 18.3 Å². The number of aromatic amines is 1. The summed E-state index contributed by atoms with van der Waals surface area (Å²) >= 11 is 0. The minimum atomic E-state index is -1.96. The minimum Gasteiger partial charge on any atom is -0.381 e. The quantitative estimate of drug-likeness (QED) is 0.365. The van der Waals surface area contributed by atoms with Crippen molar-refractivity contribution in [3.63, 3.8) is 0 Å². The molecule has 0 saturated heterocycles. The van der Waals surface area contributed by atoms with Crippen LogP contribution in [-0.2, 0) is 12.1 Å². The molecule has 0 fully saturated rings. The molecule has 34 heavy (non-hydrogen) atoms. The Hall–Kier alpha value is -3.21. The molecular formula is C23H29F3N6O2. The van der Waals surface area contributed by atoms with Gasteiger partial charge in [-0.2, -0.15) is 10.1 Å². The van der Waals surface area contributed by atoms with Gasteiger partial charge < -0.3 is 10.0 Å². The van der Waals surface area contributed by atoms with E-state index in [1.54, 1.807) is 0 Å². The minimum absolute atomic E-state index is 0.159. The van der Waals surface area contributed by atoms with Gasteiger partial charge in [-0.1, -0.05) is 45.1 Å². The molecule has 2 heterocycles. The first-order chi connectivity index (χ1) is 16.3. The number of nitrogens with one attached hydrogen (secondary N) is 1. The summed E-state index contributed by atoms with van der Waals surface area (Å²) < 4.78 is 44.3. The zero-order valence-electron chi connectivity index (χ0n) is 19.1. The Morgan fingerprint density at radius 2 is 1.88 bits per heavy atom. The van der Waals surface area contributed by atoms with Gasteiger partial charge in [0.1, 0.15) is 35.7 Å². The van der Waals surface area contributed by atoms with Gasteiger partial charge in [0, 0.05) is 18.2 Å². The second-order valence-electron chi connectivity index (χ2n) is 8.32. The maximum Gasteiger partial charge on any atom is 0.346 e. The fraction of sp³-hybridized carbons (Fsp3) is 0.478. The number of aromatic nitrogens is 5. The molecule has 3 rings (SSSR count). The molecule has 0 saturated carbocycles. The van der Waals surface area contributed by atoms with Crippen LogP contribution >= 0.6 is 0 Å². The Kier molecular flexibility index (Phi) is 8.80. The average molecular weight is 479 g/mol. The van der Waals surface area contributed by atoms with Crippen LogP contribution in [0, 0.1) is 17.5 Å². The monoisotopic (exact) mass is 478 g/mol. The third-order valence-electron chi connectivity index (χ3n) is 5.62. The van der Waals surface area contributed by atoms with Crippen LogP contribution in [0.15, 0.2) is 41.8 Å². The second kappa shape index (κ2) is 11.8. The van der Waals surface area contributed by atoms with E-state index in [2.05, 4.69) is 27.0 Å². The van der Waals surface area contributed by atoms with Gasteiger partial charge in [0.2, 0.25) is 0 Å². The van der Waals surface area contributed by atoms with E-state index in [4.69, 9.17) is 0 Å². The summed E-state index contributed by atoms with van der Waals surface area (Å²) in [4.78, 5) is 22.9. The summed E-state index contributed by atoms with van der Waals surface area (Å²) in [5.74, 6) is -2.69. The highest BCUT2D eigenvalue weighted by Gasteiger charge is 2.36. The Morgan fingerprint density at radius 3 is 2.59 bits per heavy atom. The van der Waals surface area contributed by atoms with Crippen LogP contribution < -0.4 is 10.6 Å². The van der Waals surface area contributed by atoms with Gasteiger partial charge in [0.25, 0.3) is 0 Å². The van der Waals surface area contributed by atoms with Crippen molar-refractivity contribution in [2.45, 2.75) is 57.6 Å². The Balaban J connectivity index is 1.93. The first kappa shape index (κ1) is 25.4. The number of hydrogen-bond acceptors (Lipinski definition) is 6. The number of H-pyrrole nitrogens is 1. The zero-order valence-corrected chi connectivity index (χ0v) is 19.1. The lowest BCUT2D eigenvalue weighted by Gasteiger charge is -2.35. The molecule has 1 aromatic carbocycles. The number of hydrogen-bond donors (Lipinski definition) is 2. The number of aliphatic hydroxyl groups is 1.